The predicted molar refractivity (Wildman–Crippen MR) is 90.9 cm³/mol. The maximum absolute atomic E-state index is 12.6. The molecule has 2 atom stereocenters. The first-order valence-electron chi connectivity index (χ1n) is 7.86. The minimum Gasteiger partial charge on any atom is -0.460 e. The number of aliphatic hydroxyl groups is 1. The van der Waals surface area contributed by atoms with Crippen molar-refractivity contribution in [2.45, 2.75) is 38.9 Å². The summed E-state index contributed by atoms with van der Waals surface area (Å²) in [4.78, 5) is 12.6. The molecule has 23 heavy (non-hydrogen) atoms. The number of ether oxygens (including phenoxy) is 1. The minimum absolute atomic E-state index is 0.377. The average molecular weight is 312 g/mol. The maximum Gasteiger partial charge on any atom is 0.312 e. The molecule has 0 aromatic heterocycles. The van der Waals surface area contributed by atoms with Crippen molar-refractivity contribution in [2.24, 2.45) is 5.92 Å². The number of hydrogen-bond donors (Lipinski definition) is 1. The zero-order valence-electron chi connectivity index (χ0n) is 13.9. The Kier molecular flexibility index (Phi) is 5.56. The Morgan fingerprint density at radius 3 is 2.04 bits per heavy atom. The Bertz CT molecular complexity index is 614. The fraction of sp³-hybridized carbons (Fsp3) is 0.350. The highest BCUT2D eigenvalue weighted by molar-refractivity contribution is 5.74. The van der Waals surface area contributed by atoms with Gasteiger partial charge in [0.1, 0.15) is 5.60 Å². The SMILES string of the molecule is CC(C)(C)OC(=O)C(Cc1ccccc1)C(O)c1ccccc1. The van der Waals surface area contributed by atoms with E-state index >= 15 is 0 Å². The van der Waals surface area contributed by atoms with Crippen LogP contribution in [0.3, 0.4) is 0 Å². The van der Waals surface area contributed by atoms with E-state index in [-0.39, 0.29) is 5.97 Å². The molecule has 122 valence electrons. The summed E-state index contributed by atoms with van der Waals surface area (Å²) in [5.41, 5.74) is 1.14. The molecule has 0 saturated heterocycles. The first kappa shape index (κ1) is 17.2. The van der Waals surface area contributed by atoms with Gasteiger partial charge < -0.3 is 9.84 Å². The van der Waals surface area contributed by atoms with Crippen molar-refractivity contribution in [3.05, 3.63) is 71.8 Å². The van der Waals surface area contributed by atoms with Gasteiger partial charge in [0.05, 0.1) is 12.0 Å². The predicted octanol–water partition coefficient (Wildman–Crippen LogP) is 3.92. The van der Waals surface area contributed by atoms with Crippen molar-refractivity contribution in [1.29, 1.82) is 0 Å². The Balaban J connectivity index is 2.25. The Morgan fingerprint density at radius 1 is 1.00 bits per heavy atom. The molecule has 1 N–H and O–H groups in total. The quantitative estimate of drug-likeness (QED) is 0.851. The van der Waals surface area contributed by atoms with Gasteiger partial charge in [0.2, 0.25) is 0 Å². The number of rotatable bonds is 5. The zero-order valence-corrected chi connectivity index (χ0v) is 13.9. The van der Waals surface area contributed by atoms with Crippen LogP contribution in [0.4, 0.5) is 0 Å². The topological polar surface area (TPSA) is 46.5 Å². The lowest BCUT2D eigenvalue weighted by molar-refractivity contribution is -0.164. The summed E-state index contributed by atoms with van der Waals surface area (Å²) in [6.45, 7) is 5.50. The van der Waals surface area contributed by atoms with Gasteiger partial charge in [-0.15, -0.1) is 0 Å². The van der Waals surface area contributed by atoms with E-state index in [1.807, 2.05) is 81.4 Å². The molecule has 0 fully saturated rings. The van der Waals surface area contributed by atoms with E-state index in [0.29, 0.717) is 6.42 Å². The summed E-state index contributed by atoms with van der Waals surface area (Å²) in [6.07, 6.45) is -0.461. The molecular weight excluding hydrogens is 288 g/mol. The number of hydrogen-bond acceptors (Lipinski definition) is 3. The summed E-state index contributed by atoms with van der Waals surface area (Å²) in [7, 11) is 0. The highest BCUT2D eigenvalue weighted by Crippen LogP contribution is 2.28. The van der Waals surface area contributed by atoms with Crippen molar-refractivity contribution >= 4 is 5.97 Å². The van der Waals surface area contributed by atoms with Crippen molar-refractivity contribution < 1.29 is 14.6 Å². The molecular formula is C20H24O3. The lowest BCUT2D eigenvalue weighted by Crippen LogP contribution is -2.33. The van der Waals surface area contributed by atoms with E-state index in [9.17, 15) is 9.90 Å². The molecule has 2 aromatic carbocycles. The molecule has 0 heterocycles. The molecule has 0 saturated carbocycles. The molecule has 0 bridgehead atoms. The highest BCUT2D eigenvalue weighted by atomic mass is 16.6. The summed E-state index contributed by atoms with van der Waals surface area (Å²) >= 11 is 0. The molecule has 0 radical (unpaired) electrons. The van der Waals surface area contributed by atoms with Crippen LogP contribution in [0.2, 0.25) is 0 Å². The van der Waals surface area contributed by atoms with Gasteiger partial charge in [-0.2, -0.15) is 0 Å². The van der Waals surface area contributed by atoms with E-state index in [0.717, 1.165) is 11.1 Å². The van der Waals surface area contributed by atoms with Crippen LogP contribution in [-0.4, -0.2) is 16.7 Å². The van der Waals surface area contributed by atoms with Gasteiger partial charge in [-0.25, -0.2) is 0 Å². The van der Waals surface area contributed by atoms with E-state index in [2.05, 4.69) is 0 Å². The minimum atomic E-state index is -0.897. The standard InChI is InChI=1S/C20H24O3/c1-20(2,3)23-19(22)17(14-15-10-6-4-7-11-15)18(21)16-12-8-5-9-13-16/h4-13,17-18,21H,14H2,1-3H3. The van der Waals surface area contributed by atoms with Crippen LogP contribution in [0.15, 0.2) is 60.7 Å². The van der Waals surface area contributed by atoms with Crippen molar-refractivity contribution in [3.63, 3.8) is 0 Å². The Labute approximate surface area is 137 Å². The molecule has 2 unspecified atom stereocenters. The lowest BCUT2D eigenvalue weighted by atomic mass is 9.89. The Hall–Kier alpha value is -2.13. The molecule has 0 aliphatic rings. The van der Waals surface area contributed by atoms with E-state index < -0.39 is 17.6 Å². The summed E-state index contributed by atoms with van der Waals surface area (Å²) < 4.78 is 5.52. The van der Waals surface area contributed by atoms with Crippen LogP contribution in [0.25, 0.3) is 0 Å². The van der Waals surface area contributed by atoms with Gasteiger partial charge in [0.25, 0.3) is 0 Å². The fourth-order valence-electron chi connectivity index (χ4n) is 2.45. The third-order valence-corrected chi connectivity index (χ3v) is 3.53. The summed E-state index contributed by atoms with van der Waals surface area (Å²) in [5, 5.41) is 10.7. The second-order valence-corrected chi connectivity index (χ2v) is 6.69. The number of carbonyl (C=O) groups excluding carboxylic acids is 1. The van der Waals surface area contributed by atoms with Crippen LogP contribution >= 0.6 is 0 Å². The van der Waals surface area contributed by atoms with Gasteiger partial charge in [-0.05, 0) is 38.3 Å². The molecule has 3 nitrogen and oxygen atoms in total. The lowest BCUT2D eigenvalue weighted by Gasteiger charge is -2.27. The van der Waals surface area contributed by atoms with E-state index in [4.69, 9.17) is 4.74 Å². The van der Waals surface area contributed by atoms with Crippen molar-refractivity contribution in [1.82, 2.24) is 0 Å². The first-order chi connectivity index (χ1) is 10.9. The van der Waals surface area contributed by atoms with Crippen LogP contribution in [0.1, 0.15) is 38.0 Å². The second-order valence-electron chi connectivity index (χ2n) is 6.69. The molecule has 2 rings (SSSR count). The summed E-state index contributed by atoms with van der Waals surface area (Å²) in [6, 6.07) is 18.9. The number of aliphatic hydroxyl groups excluding tert-OH is 1. The first-order valence-corrected chi connectivity index (χ1v) is 7.86. The van der Waals surface area contributed by atoms with Crippen LogP contribution in [0.5, 0.6) is 0 Å². The van der Waals surface area contributed by atoms with Crippen LogP contribution < -0.4 is 0 Å². The number of carbonyl (C=O) groups is 1. The fourth-order valence-corrected chi connectivity index (χ4v) is 2.45. The molecule has 2 aromatic rings. The van der Waals surface area contributed by atoms with Gasteiger partial charge in [0, 0.05) is 0 Å². The third-order valence-electron chi connectivity index (χ3n) is 3.53. The smallest absolute Gasteiger partial charge is 0.312 e. The molecule has 3 heteroatoms. The normalized spacial score (nSPS) is 14.1. The highest BCUT2D eigenvalue weighted by Gasteiger charge is 2.32. The van der Waals surface area contributed by atoms with Crippen molar-refractivity contribution in [3.8, 4) is 0 Å². The van der Waals surface area contributed by atoms with Gasteiger partial charge in [-0.1, -0.05) is 60.7 Å². The molecule has 0 amide bonds. The second kappa shape index (κ2) is 7.42. The zero-order chi connectivity index (χ0) is 16.9. The van der Waals surface area contributed by atoms with Crippen LogP contribution in [0, 0.1) is 5.92 Å². The van der Waals surface area contributed by atoms with Gasteiger partial charge >= 0.3 is 5.97 Å². The maximum atomic E-state index is 12.6. The molecule has 0 aliphatic heterocycles. The summed E-state index contributed by atoms with van der Waals surface area (Å²) in [5.74, 6) is -1.02. The van der Waals surface area contributed by atoms with Gasteiger partial charge in [0.15, 0.2) is 0 Å². The number of benzene rings is 2. The van der Waals surface area contributed by atoms with Crippen molar-refractivity contribution in [2.75, 3.05) is 0 Å². The van der Waals surface area contributed by atoms with Crippen LogP contribution in [-0.2, 0) is 16.0 Å². The van der Waals surface area contributed by atoms with Gasteiger partial charge in [-0.3, -0.25) is 4.79 Å². The third kappa shape index (κ3) is 5.22. The molecule has 0 spiro atoms. The van der Waals surface area contributed by atoms with E-state index in [1.54, 1.807) is 0 Å². The average Bonchev–Trinajstić information content (AvgIpc) is 2.52. The molecule has 0 aliphatic carbocycles. The monoisotopic (exact) mass is 312 g/mol. The largest absolute Gasteiger partial charge is 0.460 e. The number of esters is 1. The Morgan fingerprint density at radius 2 is 1.52 bits per heavy atom. The van der Waals surface area contributed by atoms with E-state index in [1.165, 1.54) is 0 Å².